The van der Waals surface area contributed by atoms with E-state index in [1.54, 1.807) is 54.5 Å². The first-order chi connectivity index (χ1) is 16.0. The van der Waals surface area contributed by atoms with Gasteiger partial charge in [0.25, 0.3) is 5.91 Å². The number of nitrogens with zero attached hydrogens (tertiary/aromatic N) is 2. The highest BCUT2D eigenvalue weighted by atomic mass is 35.5. The Morgan fingerprint density at radius 1 is 1.06 bits per heavy atom. The molecule has 0 fully saturated rings. The number of fused-ring (bicyclic) bond motifs is 1. The lowest BCUT2D eigenvalue weighted by molar-refractivity contribution is 0.0697. The lowest BCUT2D eigenvalue weighted by atomic mass is 10.0. The van der Waals surface area contributed by atoms with Crippen molar-refractivity contribution in [1.29, 1.82) is 0 Å². The number of hydrogen-bond acceptors (Lipinski definition) is 6. The van der Waals surface area contributed by atoms with Crippen molar-refractivity contribution in [2.45, 2.75) is 19.0 Å². The minimum atomic E-state index is -0.544. The Kier molecular flexibility index (Phi) is 7.01. The van der Waals surface area contributed by atoms with E-state index < -0.39 is 12.0 Å². The number of thiol groups is 1. The molecule has 0 saturated carbocycles. The molecule has 168 valence electrons. The number of aliphatic imine (C=N–C) groups is 1. The molecule has 1 amide bonds. The summed E-state index contributed by atoms with van der Waals surface area (Å²) in [5.41, 5.74) is 3.17. The number of halogens is 1. The van der Waals surface area contributed by atoms with Gasteiger partial charge in [-0.05, 0) is 41.5 Å². The fraction of sp³-hybridized carbons (Fsp3) is 0.160. The molecule has 1 aliphatic rings. The first kappa shape index (κ1) is 22.9. The summed E-state index contributed by atoms with van der Waals surface area (Å²) in [5, 5.41) is 0.487. The fourth-order valence-corrected chi connectivity index (χ4v) is 4.07. The zero-order valence-electron chi connectivity index (χ0n) is 17.8. The van der Waals surface area contributed by atoms with Crippen molar-refractivity contribution in [2.75, 3.05) is 7.11 Å². The maximum Gasteiger partial charge on any atom is 0.349 e. The lowest BCUT2D eigenvalue weighted by Crippen LogP contribution is -2.45. The monoisotopic (exact) mass is 480 g/mol. The highest BCUT2D eigenvalue weighted by Gasteiger charge is 2.34. The van der Waals surface area contributed by atoms with E-state index in [0.29, 0.717) is 34.2 Å². The van der Waals surface area contributed by atoms with E-state index in [9.17, 15) is 9.59 Å². The molecular formula is C25H21ClN2O4S. The van der Waals surface area contributed by atoms with Crippen molar-refractivity contribution >= 4 is 48.0 Å². The predicted octanol–water partition coefficient (Wildman–Crippen LogP) is 5.29. The predicted molar refractivity (Wildman–Crippen MR) is 130 cm³/mol. The second-order valence-electron chi connectivity index (χ2n) is 7.53. The molecule has 8 heteroatoms. The fourth-order valence-electron chi connectivity index (χ4n) is 3.80. The quantitative estimate of drug-likeness (QED) is 0.398. The van der Waals surface area contributed by atoms with Crippen LogP contribution in [0.25, 0.3) is 0 Å². The van der Waals surface area contributed by atoms with Crippen LogP contribution in [0.3, 0.4) is 0 Å². The van der Waals surface area contributed by atoms with E-state index in [2.05, 4.69) is 22.1 Å². The largest absolute Gasteiger partial charge is 0.483 e. The van der Waals surface area contributed by atoms with Gasteiger partial charge in [0.1, 0.15) is 6.04 Å². The second kappa shape index (κ2) is 10.1. The minimum Gasteiger partial charge on any atom is -0.483 e. The summed E-state index contributed by atoms with van der Waals surface area (Å²) in [7, 11) is 1.55. The Hall–Kier alpha value is -3.29. The molecule has 3 aromatic rings. The highest BCUT2D eigenvalue weighted by Crippen LogP contribution is 2.31. The SMILES string of the molecule is COC1=Nc2cc(Cl)ccc2C(=O)N(Cc2ccc(C(=O)OS)cc2)C1Cc1ccccc1. The molecule has 0 spiro atoms. The van der Waals surface area contributed by atoms with Crippen LogP contribution in [0.5, 0.6) is 0 Å². The summed E-state index contributed by atoms with van der Waals surface area (Å²) in [6.07, 6.45) is 0.519. The van der Waals surface area contributed by atoms with Crippen LogP contribution in [0.2, 0.25) is 5.02 Å². The molecule has 33 heavy (non-hydrogen) atoms. The van der Waals surface area contributed by atoms with Crippen molar-refractivity contribution in [3.05, 3.63) is 100 Å². The number of amides is 1. The van der Waals surface area contributed by atoms with Gasteiger partial charge in [-0.3, -0.25) is 4.79 Å². The molecular weight excluding hydrogens is 460 g/mol. The number of rotatable bonds is 5. The van der Waals surface area contributed by atoms with Crippen molar-refractivity contribution in [2.24, 2.45) is 4.99 Å². The molecule has 0 aliphatic carbocycles. The summed E-state index contributed by atoms with van der Waals surface area (Å²) in [6, 6.07) is 21.3. The Labute approximate surface area is 202 Å². The molecule has 1 heterocycles. The first-order valence-electron chi connectivity index (χ1n) is 10.2. The third-order valence-electron chi connectivity index (χ3n) is 5.45. The van der Waals surface area contributed by atoms with Crippen LogP contribution in [-0.2, 0) is 21.9 Å². The van der Waals surface area contributed by atoms with Crippen molar-refractivity contribution in [3.8, 4) is 0 Å². The number of carbonyl (C=O) groups excluding carboxylic acids is 2. The Bertz CT molecular complexity index is 1200. The molecule has 4 rings (SSSR count). The van der Waals surface area contributed by atoms with E-state index in [4.69, 9.17) is 16.3 Å². The van der Waals surface area contributed by atoms with E-state index in [1.807, 2.05) is 30.3 Å². The van der Waals surface area contributed by atoms with Crippen LogP contribution >= 0.6 is 24.5 Å². The van der Waals surface area contributed by atoms with Gasteiger partial charge in [0.05, 0.1) is 23.9 Å². The minimum absolute atomic E-state index is 0.183. The molecule has 1 atom stereocenters. The summed E-state index contributed by atoms with van der Waals surface area (Å²) < 4.78 is 10.1. The summed E-state index contributed by atoms with van der Waals surface area (Å²) >= 11 is 9.73. The topological polar surface area (TPSA) is 68.2 Å². The molecule has 0 aromatic heterocycles. The first-order valence-corrected chi connectivity index (χ1v) is 11.0. The van der Waals surface area contributed by atoms with Crippen LogP contribution < -0.4 is 0 Å². The molecule has 6 nitrogen and oxygen atoms in total. The molecule has 0 bridgehead atoms. The zero-order chi connectivity index (χ0) is 23.4. The van der Waals surface area contributed by atoms with Crippen molar-refractivity contribution < 1.29 is 18.5 Å². The number of methoxy groups -OCH3 is 1. The smallest absolute Gasteiger partial charge is 0.349 e. The average molecular weight is 481 g/mol. The van der Waals surface area contributed by atoms with E-state index in [1.165, 1.54) is 0 Å². The van der Waals surface area contributed by atoms with Crippen LogP contribution in [0.4, 0.5) is 5.69 Å². The summed E-state index contributed by atoms with van der Waals surface area (Å²) in [6.45, 7) is 0.289. The highest BCUT2D eigenvalue weighted by molar-refractivity contribution is 7.75. The number of benzene rings is 3. The normalized spacial score (nSPS) is 15.4. The van der Waals surface area contributed by atoms with Crippen LogP contribution in [0.15, 0.2) is 77.8 Å². The molecule has 3 aromatic carbocycles. The second-order valence-corrected chi connectivity index (χ2v) is 8.15. The van der Waals surface area contributed by atoms with Gasteiger partial charge in [-0.1, -0.05) is 54.1 Å². The Morgan fingerprint density at radius 3 is 2.45 bits per heavy atom. The van der Waals surface area contributed by atoms with Gasteiger partial charge in [0.2, 0.25) is 5.90 Å². The van der Waals surface area contributed by atoms with Crippen LogP contribution in [0, 0.1) is 0 Å². The maximum atomic E-state index is 13.7. The number of ether oxygens (including phenoxy) is 1. The van der Waals surface area contributed by atoms with Crippen molar-refractivity contribution in [3.63, 3.8) is 0 Å². The Balaban J connectivity index is 1.75. The van der Waals surface area contributed by atoms with Crippen LogP contribution in [0.1, 0.15) is 31.8 Å². The zero-order valence-corrected chi connectivity index (χ0v) is 19.4. The molecule has 0 N–H and O–H groups in total. The van der Waals surface area contributed by atoms with Gasteiger partial charge in [0, 0.05) is 30.9 Å². The van der Waals surface area contributed by atoms with E-state index in [0.717, 1.165) is 11.1 Å². The third kappa shape index (κ3) is 5.05. The average Bonchev–Trinajstić information content (AvgIpc) is 2.94. The van der Waals surface area contributed by atoms with Gasteiger partial charge >= 0.3 is 5.97 Å². The molecule has 1 aliphatic heterocycles. The summed E-state index contributed by atoms with van der Waals surface area (Å²) in [5.74, 6) is -0.307. The Morgan fingerprint density at radius 2 is 1.79 bits per heavy atom. The maximum absolute atomic E-state index is 13.7. The van der Waals surface area contributed by atoms with Gasteiger partial charge in [-0.15, -0.1) is 0 Å². The van der Waals surface area contributed by atoms with Crippen LogP contribution in [-0.4, -0.2) is 35.8 Å². The standard InChI is InChI=1S/C25H21ClN2O4S/c1-31-23-22(13-16-5-3-2-4-6-16)28(15-17-7-9-18(10-8-17)25(30)32-33)24(29)20-12-11-19(26)14-21(20)27-23/h2-12,14,22,33H,13,15H2,1H3. The van der Waals surface area contributed by atoms with Gasteiger partial charge < -0.3 is 13.8 Å². The summed E-state index contributed by atoms with van der Waals surface area (Å²) in [4.78, 5) is 31.8. The molecule has 0 radical (unpaired) electrons. The molecule has 1 unspecified atom stereocenters. The third-order valence-corrected chi connectivity index (χ3v) is 5.85. The number of carbonyl (C=O) groups is 2. The van der Waals surface area contributed by atoms with E-state index >= 15 is 0 Å². The van der Waals surface area contributed by atoms with Gasteiger partial charge in [0.15, 0.2) is 0 Å². The van der Waals surface area contributed by atoms with Gasteiger partial charge in [-0.25, -0.2) is 9.79 Å². The number of hydrogen-bond donors (Lipinski definition) is 1. The van der Waals surface area contributed by atoms with E-state index in [-0.39, 0.29) is 12.5 Å². The molecule has 0 saturated heterocycles. The van der Waals surface area contributed by atoms with Gasteiger partial charge in [-0.2, -0.15) is 0 Å². The lowest BCUT2D eigenvalue weighted by Gasteiger charge is -2.31. The van der Waals surface area contributed by atoms with Crippen molar-refractivity contribution in [1.82, 2.24) is 4.90 Å².